The summed E-state index contributed by atoms with van der Waals surface area (Å²) in [5, 5.41) is 4.16. The van der Waals surface area contributed by atoms with Crippen molar-refractivity contribution in [1.29, 1.82) is 0 Å². The van der Waals surface area contributed by atoms with Crippen LogP contribution in [0.1, 0.15) is 47.6 Å². The van der Waals surface area contributed by atoms with Gasteiger partial charge in [0, 0.05) is 24.5 Å². The van der Waals surface area contributed by atoms with E-state index in [-0.39, 0.29) is 5.56 Å². The largest absolute Gasteiger partial charge is 0.416 e. The van der Waals surface area contributed by atoms with Crippen LogP contribution in [0.5, 0.6) is 0 Å². The van der Waals surface area contributed by atoms with Gasteiger partial charge in [-0.25, -0.2) is 15.0 Å². The topological polar surface area (TPSA) is 76.8 Å². The zero-order valence-corrected chi connectivity index (χ0v) is 16.1. The van der Waals surface area contributed by atoms with Crippen LogP contribution in [0.4, 0.5) is 13.2 Å². The zero-order valence-electron chi connectivity index (χ0n) is 16.1. The highest BCUT2D eigenvalue weighted by molar-refractivity contribution is 5.94. The molecular weight excluding hydrogens is 397 g/mol. The lowest BCUT2D eigenvalue weighted by molar-refractivity contribution is -0.137. The number of amides is 1. The monoisotopic (exact) mass is 416 g/mol. The van der Waals surface area contributed by atoms with Crippen LogP contribution in [-0.2, 0) is 6.18 Å². The molecule has 1 aliphatic rings. The third-order valence-electron chi connectivity index (χ3n) is 5.01. The van der Waals surface area contributed by atoms with Crippen LogP contribution >= 0.6 is 0 Å². The Hall–Kier alpha value is -3.30. The van der Waals surface area contributed by atoms with Crippen LogP contribution in [0, 0.1) is 5.92 Å². The Morgan fingerprint density at radius 3 is 2.60 bits per heavy atom. The van der Waals surface area contributed by atoms with Gasteiger partial charge in [-0.05, 0) is 49.9 Å². The third kappa shape index (κ3) is 4.17. The second-order valence-electron chi connectivity index (χ2n) is 7.23. The van der Waals surface area contributed by atoms with E-state index in [1.54, 1.807) is 30.3 Å². The molecule has 1 unspecified atom stereocenters. The number of carbonyl (C=O) groups is 1. The Kier molecular flexibility index (Phi) is 5.23. The van der Waals surface area contributed by atoms with Crippen molar-refractivity contribution in [2.75, 3.05) is 6.54 Å². The highest BCUT2D eigenvalue weighted by atomic mass is 19.4. The fourth-order valence-corrected chi connectivity index (χ4v) is 3.22. The molecule has 1 aromatic carbocycles. The van der Waals surface area contributed by atoms with E-state index in [2.05, 4.69) is 20.1 Å². The van der Waals surface area contributed by atoms with Crippen LogP contribution < -0.4 is 0 Å². The predicted octanol–water partition coefficient (Wildman–Crippen LogP) is 3.69. The first-order valence-corrected chi connectivity index (χ1v) is 9.50. The van der Waals surface area contributed by atoms with Crippen LogP contribution in [0.3, 0.4) is 0 Å². The molecule has 0 bridgehead atoms. The summed E-state index contributed by atoms with van der Waals surface area (Å²) in [6.07, 6.45) is 1.91. The fraction of sp³-hybridized carbons (Fsp3) is 0.350. The maximum Gasteiger partial charge on any atom is 0.416 e. The maximum absolute atomic E-state index is 13.2. The highest BCUT2D eigenvalue weighted by Crippen LogP contribution is 2.34. The number of rotatable bonds is 6. The van der Waals surface area contributed by atoms with Crippen molar-refractivity contribution in [3.05, 3.63) is 66.0 Å². The second kappa shape index (κ2) is 7.85. The summed E-state index contributed by atoms with van der Waals surface area (Å²) in [6, 6.07) is 5.61. The molecule has 1 atom stereocenters. The van der Waals surface area contributed by atoms with Gasteiger partial charge in [-0.2, -0.15) is 23.0 Å². The summed E-state index contributed by atoms with van der Waals surface area (Å²) in [5.41, 5.74) is -0.868. The molecule has 0 radical (unpaired) electrons. The van der Waals surface area contributed by atoms with E-state index in [1.807, 2.05) is 0 Å². The molecule has 0 saturated heterocycles. The number of alkyl halides is 3. The molecule has 1 aliphatic carbocycles. The maximum atomic E-state index is 13.2. The van der Waals surface area contributed by atoms with E-state index >= 15 is 0 Å². The summed E-state index contributed by atoms with van der Waals surface area (Å²) >= 11 is 0. The van der Waals surface area contributed by atoms with Crippen molar-refractivity contribution in [3.63, 3.8) is 0 Å². The van der Waals surface area contributed by atoms with Crippen molar-refractivity contribution in [1.82, 2.24) is 29.6 Å². The first-order chi connectivity index (χ1) is 14.3. The van der Waals surface area contributed by atoms with Gasteiger partial charge in [0.1, 0.15) is 6.33 Å². The average molecular weight is 416 g/mol. The molecule has 30 heavy (non-hydrogen) atoms. The number of carbonyl (C=O) groups excluding carboxylic acids is 1. The lowest BCUT2D eigenvalue weighted by Gasteiger charge is -2.29. The van der Waals surface area contributed by atoms with E-state index in [1.165, 1.54) is 23.1 Å². The van der Waals surface area contributed by atoms with Gasteiger partial charge in [0.05, 0.1) is 11.6 Å². The molecule has 2 aromatic heterocycles. The summed E-state index contributed by atoms with van der Waals surface area (Å²) in [7, 11) is 0. The minimum absolute atomic E-state index is 0.0145. The minimum atomic E-state index is -4.52. The van der Waals surface area contributed by atoms with E-state index in [4.69, 9.17) is 0 Å². The Balaban J connectivity index is 1.67. The van der Waals surface area contributed by atoms with Crippen molar-refractivity contribution in [2.45, 2.75) is 32.0 Å². The second-order valence-corrected chi connectivity index (χ2v) is 7.23. The van der Waals surface area contributed by atoms with Gasteiger partial charge in [0.15, 0.2) is 5.82 Å². The Morgan fingerprint density at radius 1 is 1.20 bits per heavy atom. The molecule has 7 nitrogen and oxygen atoms in total. The quantitative estimate of drug-likeness (QED) is 0.613. The molecule has 156 valence electrons. The van der Waals surface area contributed by atoms with E-state index < -0.39 is 23.7 Å². The van der Waals surface area contributed by atoms with E-state index in [0.29, 0.717) is 24.2 Å². The number of nitrogens with zero attached hydrogens (tertiary/aromatic N) is 6. The fourth-order valence-electron chi connectivity index (χ4n) is 3.22. The first kappa shape index (κ1) is 20.0. The SMILES string of the molecule is CC(c1ncnn1-c1ncccn1)N(CC1CC1)C(=O)c1cccc(C(F)(F)F)c1. The number of aromatic nitrogens is 5. The third-order valence-corrected chi connectivity index (χ3v) is 5.01. The predicted molar refractivity (Wildman–Crippen MR) is 101 cm³/mol. The molecule has 2 heterocycles. The summed E-state index contributed by atoms with van der Waals surface area (Å²) < 4.78 is 40.8. The first-order valence-electron chi connectivity index (χ1n) is 9.50. The Morgan fingerprint density at radius 2 is 1.93 bits per heavy atom. The number of benzene rings is 1. The van der Waals surface area contributed by atoms with Gasteiger partial charge >= 0.3 is 6.18 Å². The molecule has 1 amide bonds. The van der Waals surface area contributed by atoms with Gasteiger partial charge in [-0.15, -0.1) is 0 Å². The van der Waals surface area contributed by atoms with Crippen molar-refractivity contribution in [2.24, 2.45) is 5.92 Å². The highest BCUT2D eigenvalue weighted by Gasteiger charge is 2.35. The molecule has 0 spiro atoms. The van der Waals surface area contributed by atoms with Gasteiger partial charge in [-0.1, -0.05) is 6.07 Å². The van der Waals surface area contributed by atoms with Crippen LogP contribution in [0.2, 0.25) is 0 Å². The van der Waals surface area contributed by atoms with Crippen LogP contribution in [0.15, 0.2) is 49.1 Å². The molecule has 3 aromatic rings. The molecule has 1 saturated carbocycles. The standard InChI is InChI=1S/C20H19F3N6O/c1-13(17-26-12-27-29(17)19-24-8-3-9-25-19)28(11-14-6-7-14)18(30)15-4-2-5-16(10-15)20(21,22)23/h2-5,8-10,12-14H,6-7,11H2,1H3. The van der Waals surface area contributed by atoms with Gasteiger partial charge in [-0.3, -0.25) is 4.79 Å². The number of hydrogen-bond donors (Lipinski definition) is 0. The summed E-state index contributed by atoms with van der Waals surface area (Å²) in [5.74, 6) is 0.576. The average Bonchev–Trinajstić information content (AvgIpc) is 3.43. The number of hydrogen-bond acceptors (Lipinski definition) is 5. The molecular formula is C20H19F3N6O. The van der Waals surface area contributed by atoms with Gasteiger partial charge in [0.25, 0.3) is 11.9 Å². The molecule has 10 heteroatoms. The zero-order chi connectivity index (χ0) is 21.3. The Labute approximate surface area is 170 Å². The summed E-state index contributed by atoms with van der Waals surface area (Å²) in [6.45, 7) is 2.20. The van der Waals surface area contributed by atoms with E-state index in [9.17, 15) is 18.0 Å². The van der Waals surface area contributed by atoms with E-state index in [0.717, 1.165) is 25.0 Å². The molecule has 1 fully saturated rings. The van der Waals surface area contributed by atoms with Crippen molar-refractivity contribution in [3.8, 4) is 5.95 Å². The smallest absolute Gasteiger partial charge is 0.328 e. The summed E-state index contributed by atoms with van der Waals surface area (Å²) in [4.78, 5) is 27.4. The Bertz CT molecular complexity index is 1030. The van der Waals surface area contributed by atoms with Crippen molar-refractivity contribution >= 4 is 5.91 Å². The minimum Gasteiger partial charge on any atom is -0.328 e. The molecule has 4 rings (SSSR count). The molecule has 0 N–H and O–H groups in total. The lowest BCUT2D eigenvalue weighted by atomic mass is 10.1. The number of halogens is 3. The normalized spacial score (nSPS) is 15.1. The van der Waals surface area contributed by atoms with Crippen LogP contribution in [-0.4, -0.2) is 42.1 Å². The van der Waals surface area contributed by atoms with Crippen LogP contribution in [0.25, 0.3) is 5.95 Å². The molecule has 0 aliphatic heterocycles. The van der Waals surface area contributed by atoms with Crippen molar-refractivity contribution < 1.29 is 18.0 Å². The lowest BCUT2D eigenvalue weighted by Crippen LogP contribution is -2.36. The van der Waals surface area contributed by atoms with Gasteiger partial charge < -0.3 is 4.90 Å². The van der Waals surface area contributed by atoms with Gasteiger partial charge in [0.2, 0.25) is 0 Å².